The smallest absolute Gasteiger partial charge is 0.329 e. The molecule has 8 rings (SSSR count). The molecule has 91 heavy (non-hydrogen) atoms. The van der Waals surface area contributed by atoms with Crippen LogP contribution >= 0.6 is 15.9 Å². The zero-order valence-corrected chi connectivity index (χ0v) is 55.2. The van der Waals surface area contributed by atoms with Gasteiger partial charge in [0.2, 0.25) is 0 Å². The Balaban J connectivity index is 0.000000488. The van der Waals surface area contributed by atoms with Crippen LogP contribution in [0.15, 0.2) is 172 Å². The first-order valence-corrected chi connectivity index (χ1v) is 31.5. The molecular formula is C67H90BBrN8O12S2. The molecular weight excluding hydrogens is 1260 g/mol. The van der Waals surface area contributed by atoms with Gasteiger partial charge in [-0.15, -0.1) is 0 Å². The van der Waals surface area contributed by atoms with Crippen molar-refractivity contribution in [1.29, 1.82) is 0 Å². The van der Waals surface area contributed by atoms with Gasteiger partial charge in [0.05, 0.1) is 31.6 Å². The summed E-state index contributed by atoms with van der Waals surface area (Å²) in [5.41, 5.74) is 2.36. The fourth-order valence-corrected chi connectivity index (χ4v) is 10.0. The minimum absolute atomic E-state index is 0. The van der Waals surface area contributed by atoms with Crippen LogP contribution in [-0.2, 0) is 33.1 Å². The third kappa shape index (κ3) is 24.9. The first-order valence-electron chi connectivity index (χ1n) is 27.8. The quantitative estimate of drug-likeness (QED) is 0.0492. The lowest BCUT2D eigenvalue weighted by Gasteiger charge is -2.31. The van der Waals surface area contributed by atoms with Gasteiger partial charge in [0.15, 0.2) is 0 Å². The predicted molar refractivity (Wildman–Crippen MR) is 368 cm³/mol. The summed E-state index contributed by atoms with van der Waals surface area (Å²) in [7, 11) is 0.0212. The predicted octanol–water partition coefficient (Wildman–Crippen LogP) is 13.7. The molecule has 2 radical (unpaired) electrons. The second kappa shape index (κ2) is 33.8. The van der Waals surface area contributed by atoms with Crippen molar-refractivity contribution >= 4 is 61.5 Å². The fourth-order valence-electron chi connectivity index (χ4n) is 7.38. The standard InChI is InChI=1S/C29H32N4O5S.C24H25BrN2O5S.C6H14O2.C5H7BN2.3CH4/c1-6-33-19-23(18-30-33)22-12-15-26(27(17-22)39(35,36)32-28(34)31-29(2,3)4)38-25-9-7-8-21(16-25)20-10-13-24(37-5)14-11-20;1-24(2,3)26-23(28)27-33(29,30)22-15-18(25)10-13-21(22)32-20-7-5-6-17(14-20)16-8-11-19(31-4)12-9-16;1-5(2,7)6(3,4)8;1-2-8-4-3-5(6)7-8;;;/h7-19H,6H2,1-5H3,(H2,31,32,34);5-15H,1-4H3,(H2,26,27,28);7-8H,1-4H3;3-4H,2H2,1H3;3*1H4. The van der Waals surface area contributed by atoms with Crippen molar-refractivity contribution < 1.29 is 55.6 Å². The third-order valence-corrected chi connectivity index (χ3v) is 15.8. The number of methoxy groups -OCH3 is 2. The first kappa shape index (κ1) is 78.9. The van der Waals surface area contributed by atoms with E-state index in [1.165, 1.54) is 18.2 Å². The normalized spacial score (nSPS) is 11.3. The van der Waals surface area contributed by atoms with Crippen molar-refractivity contribution in [3.05, 3.63) is 163 Å². The molecule has 0 bridgehead atoms. The number of aryl methyl sites for hydroxylation is 2. The van der Waals surface area contributed by atoms with Crippen molar-refractivity contribution in [2.24, 2.45) is 0 Å². The molecule has 8 aromatic rings. The molecule has 0 fully saturated rings. The third-order valence-electron chi connectivity index (χ3n) is 12.6. The number of benzene rings is 6. The number of nitrogens with one attached hydrogen (secondary N) is 4. The number of carbonyl (C=O) groups is 2. The van der Waals surface area contributed by atoms with E-state index in [1.807, 2.05) is 110 Å². The molecule has 0 aliphatic carbocycles. The lowest BCUT2D eigenvalue weighted by molar-refractivity contribution is -0.107. The monoisotopic (exact) mass is 1350 g/mol. The Morgan fingerprint density at radius 3 is 1.27 bits per heavy atom. The number of amides is 4. The molecule has 0 saturated carbocycles. The summed E-state index contributed by atoms with van der Waals surface area (Å²) in [5.74, 6) is 2.53. The Morgan fingerprint density at radius 1 is 0.527 bits per heavy atom. The van der Waals surface area contributed by atoms with Crippen LogP contribution < -0.4 is 44.6 Å². The molecule has 2 aromatic heterocycles. The maximum absolute atomic E-state index is 13.4. The number of nitrogens with zero attached hydrogens (tertiary/aromatic N) is 4. The molecule has 2 heterocycles. The molecule has 0 saturated heterocycles. The van der Waals surface area contributed by atoms with E-state index in [0.717, 1.165) is 45.9 Å². The van der Waals surface area contributed by atoms with Crippen LogP contribution in [0.4, 0.5) is 9.59 Å². The van der Waals surface area contributed by atoms with Crippen molar-refractivity contribution in [2.45, 2.75) is 151 Å². The van der Waals surface area contributed by atoms with Gasteiger partial charge in [-0.25, -0.2) is 35.9 Å². The minimum Gasteiger partial charge on any atom is -0.497 e. The van der Waals surface area contributed by atoms with Crippen molar-refractivity contribution in [1.82, 2.24) is 39.6 Å². The molecule has 4 amide bonds. The number of hydrogen-bond acceptors (Lipinski definition) is 14. The van der Waals surface area contributed by atoms with E-state index >= 15 is 0 Å². The van der Waals surface area contributed by atoms with Gasteiger partial charge in [-0.3, -0.25) is 9.36 Å². The average molecular weight is 1350 g/mol. The summed E-state index contributed by atoms with van der Waals surface area (Å²) in [5, 5.41) is 31.6. The van der Waals surface area contributed by atoms with E-state index in [0.29, 0.717) is 33.7 Å². The number of halogens is 1. The Kier molecular flexibility index (Phi) is 29.3. The van der Waals surface area contributed by atoms with E-state index in [4.69, 9.17) is 37.0 Å². The van der Waals surface area contributed by atoms with Gasteiger partial charge in [-0.05, 0) is 196 Å². The number of sulfonamides is 2. The molecule has 0 aliphatic rings. The molecule has 6 N–H and O–H groups in total. The highest BCUT2D eigenvalue weighted by atomic mass is 79.9. The Labute approximate surface area is 548 Å². The fraction of sp³-hybridized carbons (Fsp3) is 0.343. The molecule has 20 nitrogen and oxygen atoms in total. The summed E-state index contributed by atoms with van der Waals surface area (Å²) in [6.07, 6.45) is 5.34. The van der Waals surface area contributed by atoms with Crippen LogP contribution in [0.1, 0.15) is 105 Å². The number of ether oxygens (including phenoxy) is 4. The SMILES string of the molecule is C.C.C.CC(C)(O)C(C)(C)O.CCn1cc(-c2ccc(Oc3cccc(-c4ccc(OC)cc4)c3)c(S(=O)(=O)NC(=O)NC(C)(C)C)c2)cn1.COc1ccc(-c2cccc(Oc3ccc(Br)cc3S(=O)(=O)NC(=O)NC(C)(C)C)c2)cc1.[B]c1ccn(CC)n1. The number of rotatable bonds is 16. The molecule has 0 aliphatic heterocycles. The Morgan fingerprint density at radius 2 is 0.923 bits per heavy atom. The maximum Gasteiger partial charge on any atom is 0.329 e. The average Bonchev–Trinajstić information content (AvgIpc) is 1.50. The Hall–Kier alpha value is -8.16. The van der Waals surface area contributed by atoms with Crippen molar-refractivity contribution in [3.63, 3.8) is 0 Å². The van der Waals surface area contributed by atoms with Crippen LogP contribution in [0.3, 0.4) is 0 Å². The number of carbonyl (C=O) groups excluding carboxylic acids is 2. The van der Waals surface area contributed by atoms with E-state index in [-0.39, 0.29) is 43.6 Å². The van der Waals surface area contributed by atoms with E-state index in [1.54, 1.807) is 141 Å². The number of urea groups is 2. The summed E-state index contributed by atoms with van der Waals surface area (Å²) < 4.78 is 83.5. The van der Waals surface area contributed by atoms with Gasteiger partial charge < -0.3 is 39.8 Å². The van der Waals surface area contributed by atoms with Gasteiger partial charge >= 0.3 is 12.1 Å². The largest absolute Gasteiger partial charge is 0.497 e. The molecule has 0 unspecified atom stereocenters. The van der Waals surface area contributed by atoms with E-state index in [9.17, 15) is 26.4 Å². The zero-order chi connectivity index (χ0) is 65.4. The highest BCUT2D eigenvalue weighted by Gasteiger charge is 2.32. The number of aromatic nitrogens is 4. The summed E-state index contributed by atoms with van der Waals surface area (Å²) in [6.45, 7) is 22.4. The second-order valence-corrected chi connectivity index (χ2v) is 27.1. The van der Waals surface area contributed by atoms with Gasteiger partial charge in [-0.2, -0.15) is 10.2 Å². The summed E-state index contributed by atoms with van der Waals surface area (Å²) >= 11 is 3.28. The first-order chi connectivity index (χ1) is 41.0. The van der Waals surface area contributed by atoms with E-state index < -0.39 is 54.4 Å². The highest BCUT2D eigenvalue weighted by molar-refractivity contribution is 9.10. The van der Waals surface area contributed by atoms with Crippen LogP contribution in [0.5, 0.6) is 34.5 Å². The van der Waals surface area contributed by atoms with Gasteiger partial charge in [-0.1, -0.05) is 92.8 Å². The van der Waals surface area contributed by atoms with Gasteiger partial charge in [0.25, 0.3) is 20.0 Å². The lowest BCUT2D eigenvalue weighted by Crippen LogP contribution is -2.48. The van der Waals surface area contributed by atoms with Crippen LogP contribution in [0.25, 0.3) is 33.4 Å². The van der Waals surface area contributed by atoms with Crippen molar-refractivity contribution in [2.75, 3.05) is 14.2 Å². The molecule has 0 spiro atoms. The zero-order valence-electron chi connectivity index (χ0n) is 52.0. The molecule has 492 valence electrons. The Bertz CT molecular complexity index is 3840. The summed E-state index contributed by atoms with van der Waals surface area (Å²) in [4.78, 5) is 24.3. The van der Waals surface area contributed by atoms with Gasteiger partial charge in [0.1, 0.15) is 52.1 Å². The van der Waals surface area contributed by atoms with Gasteiger partial charge in [0, 0.05) is 52.2 Å². The van der Waals surface area contributed by atoms with Crippen LogP contribution in [0, 0.1) is 0 Å². The molecule has 0 atom stereocenters. The van der Waals surface area contributed by atoms with Crippen molar-refractivity contribution in [3.8, 4) is 67.9 Å². The summed E-state index contributed by atoms with van der Waals surface area (Å²) in [6, 6.07) is 39.2. The van der Waals surface area contributed by atoms with E-state index in [2.05, 4.69) is 41.5 Å². The molecule has 6 aromatic carbocycles. The number of hydrogen-bond donors (Lipinski definition) is 6. The lowest BCUT2D eigenvalue weighted by atomic mass is 9.90. The second-order valence-electron chi connectivity index (χ2n) is 22.9. The minimum atomic E-state index is -4.31. The topological polar surface area (TPSA) is 264 Å². The molecule has 24 heteroatoms. The van der Waals surface area contributed by atoms with Crippen LogP contribution in [-0.4, -0.2) is 103 Å². The van der Waals surface area contributed by atoms with Crippen LogP contribution in [0.2, 0.25) is 0 Å². The highest BCUT2D eigenvalue weighted by Crippen LogP contribution is 2.37. The maximum atomic E-state index is 13.4. The number of aliphatic hydroxyl groups is 2.